The Bertz CT molecular complexity index is 1390. The molecule has 0 saturated heterocycles. The lowest BCUT2D eigenvalue weighted by Crippen LogP contribution is -2.41. The average molecular weight is 528 g/mol. The molecular weight excluding hydrogens is 514 g/mol. The molecule has 0 fully saturated rings. The summed E-state index contributed by atoms with van der Waals surface area (Å²) in [6.45, 7) is 0. The second kappa shape index (κ2) is 9.50. The fourth-order valence-corrected chi connectivity index (χ4v) is 3.12. The largest absolute Gasteiger partial charge is 0.540 e. The van der Waals surface area contributed by atoms with Gasteiger partial charge in [-0.25, -0.2) is 13.9 Å². The number of halogens is 6. The number of anilines is 2. The van der Waals surface area contributed by atoms with Crippen LogP contribution in [0.4, 0.5) is 42.5 Å². The normalized spacial score (nSPS) is 15.1. The van der Waals surface area contributed by atoms with Crippen LogP contribution < -0.4 is 25.4 Å². The molecular formula is C22H14F6N4O5. The Labute approximate surface area is 203 Å². The molecule has 4 rings (SSSR count). The maximum atomic E-state index is 14.5. The van der Waals surface area contributed by atoms with Gasteiger partial charge in [0.15, 0.2) is 11.6 Å². The number of amides is 3. The number of aromatic nitrogens is 1. The summed E-state index contributed by atoms with van der Waals surface area (Å²) in [6, 6.07) is 5.57. The van der Waals surface area contributed by atoms with Crippen molar-refractivity contribution >= 4 is 23.3 Å². The van der Waals surface area contributed by atoms with Crippen LogP contribution in [0.15, 0.2) is 48.7 Å². The molecule has 9 nitrogen and oxygen atoms in total. The van der Waals surface area contributed by atoms with Crippen LogP contribution in [0.25, 0.3) is 0 Å². The van der Waals surface area contributed by atoms with Crippen LogP contribution in [-0.4, -0.2) is 30.3 Å². The SMILES string of the molecule is CNC(=O)c1cc(Oc2ccc(NC(=O)Nc3ccc4c(c3)C(F)(F)OC(F)(F)O4)c(F)c2F)ccn1. The molecule has 0 spiro atoms. The van der Waals surface area contributed by atoms with Gasteiger partial charge in [0.25, 0.3) is 5.91 Å². The van der Waals surface area contributed by atoms with Crippen molar-refractivity contribution in [3.05, 3.63) is 71.6 Å². The molecule has 0 radical (unpaired) electrons. The molecule has 0 bridgehead atoms. The van der Waals surface area contributed by atoms with Gasteiger partial charge in [-0.05, 0) is 36.4 Å². The Hall–Kier alpha value is -4.53. The zero-order valence-corrected chi connectivity index (χ0v) is 18.4. The van der Waals surface area contributed by atoms with E-state index >= 15 is 0 Å². The Balaban J connectivity index is 1.47. The van der Waals surface area contributed by atoms with Crippen molar-refractivity contribution in [1.29, 1.82) is 0 Å². The molecule has 0 atom stereocenters. The first kappa shape index (κ1) is 25.6. The van der Waals surface area contributed by atoms with E-state index in [2.05, 4.69) is 25.1 Å². The highest BCUT2D eigenvalue weighted by Gasteiger charge is 2.54. The van der Waals surface area contributed by atoms with Crippen LogP contribution in [0.1, 0.15) is 16.1 Å². The number of urea groups is 1. The Morgan fingerprint density at radius 3 is 2.46 bits per heavy atom. The maximum Gasteiger partial charge on any atom is 0.540 e. The summed E-state index contributed by atoms with van der Waals surface area (Å²) in [5.41, 5.74) is -2.09. The van der Waals surface area contributed by atoms with E-state index in [1.54, 1.807) is 0 Å². The molecule has 1 aromatic heterocycles. The van der Waals surface area contributed by atoms with Crippen molar-refractivity contribution in [3.8, 4) is 17.2 Å². The van der Waals surface area contributed by atoms with Crippen LogP contribution in [0.3, 0.4) is 0 Å². The summed E-state index contributed by atoms with van der Waals surface area (Å²) < 4.78 is 95.7. The lowest BCUT2D eigenvalue weighted by Gasteiger charge is -2.30. The number of nitrogens with zero attached hydrogens (tertiary/aromatic N) is 1. The summed E-state index contributed by atoms with van der Waals surface area (Å²) >= 11 is 0. The van der Waals surface area contributed by atoms with Crippen LogP contribution in [0.2, 0.25) is 0 Å². The molecule has 1 aliphatic heterocycles. The molecule has 1 aliphatic rings. The van der Waals surface area contributed by atoms with Gasteiger partial charge in [-0.1, -0.05) is 0 Å². The van der Waals surface area contributed by atoms with E-state index in [0.717, 1.165) is 24.3 Å². The predicted molar refractivity (Wildman–Crippen MR) is 114 cm³/mol. The topological polar surface area (TPSA) is 111 Å². The number of hydrogen-bond acceptors (Lipinski definition) is 6. The molecule has 3 amide bonds. The van der Waals surface area contributed by atoms with E-state index in [1.807, 2.05) is 5.32 Å². The third-order valence-electron chi connectivity index (χ3n) is 4.74. The van der Waals surface area contributed by atoms with Gasteiger partial charge in [0.1, 0.15) is 17.2 Å². The number of carbonyl (C=O) groups excluding carboxylic acids is 2. The fraction of sp³-hybridized carbons (Fsp3) is 0.136. The molecule has 0 aliphatic carbocycles. The third kappa shape index (κ3) is 5.50. The van der Waals surface area contributed by atoms with Crippen LogP contribution in [0, 0.1) is 11.6 Å². The van der Waals surface area contributed by atoms with E-state index in [4.69, 9.17) is 4.74 Å². The minimum Gasteiger partial charge on any atom is -0.454 e. The van der Waals surface area contributed by atoms with Crippen molar-refractivity contribution < 1.29 is 50.1 Å². The third-order valence-corrected chi connectivity index (χ3v) is 4.74. The van der Waals surface area contributed by atoms with Crippen molar-refractivity contribution in [2.45, 2.75) is 12.4 Å². The van der Waals surface area contributed by atoms with Crippen molar-refractivity contribution in [3.63, 3.8) is 0 Å². The molecule has 0 unspecified atom stereocenters. The Morgan fingerprint density at radius 1 is 0.973 bits per heavy atom. The van der Waals surface area contributed by atoms with Gasteiger partial charge in [0.05, 0.1) is 11.3 Å². The van der Waals surface area contributed by atoms with E-state index in [-0.39, 0.29) is 17.1 Å². The monoisotopic (exact) mass is 528 g/mol. The van der Waals surface area contributed by atoms with E-state index in [0.29, 0.717) is 6.07 Å². The van der Waals surface area contributed by atoms with E-state index in [9.17, 15) is 35.9 Å². The predicted octanol–water partition coefficient (Wildman–Crippen LogP) is 5.16. The maximum absolute atomic E-state index is 14.5. The van der Waals surface area contributed by atoms with Gasteiger partial charge in [-0.2, -0.15) is 13.2 Å². The number of fused-ring (bicyclic) bond motifs is 1. The fourth-order valence-electron chi connectivity index (χ4n) is 3.12. The number of alkyl halides is 4. The highest BCUT2D eigenvalue weighted by Crippen LogP contribution is 2.46. The number of pyridine rings is 1. The van der Waals surface area contributed by atoms with Crippen molar-refractivity contribution in [2.24, 2.45) is 0 Å². The smallest absolute Gasteiger partial charge is 0.454 e. The average Bonchev–Trinajstić information content (AvgIpc) is 2.83. The first-order chi connectivity index (χ1) is 17.4. The lowest BCUT2D eigenvalue weighted by molar-refractivity contribution is -0.461. The quantitative estimate of drug-likeness (QED) is 0.395. The standard InChI is InChI=1S/C22H14F6N4O5/c1-29-19(33)14-9-11(6-7-30-14)35-16-5-3-13(17(23)18(16)24)32-20(34)31-10-2-4-15-12(8-10)21(25,26)37-22(27,28)36-15/h2-9H,1H3,(H,29,33)(H2,31,32,34). The summed E-state index contributed by atoms with van der Waals surface area (Å²) in [4.78, 5) is 27.7. The number of hydrogen-bond donors (Lipinski definition) is 3. The van der Waals surface area contributed by atoms with Gasteiger partial charge in [-0.3, -0.25) is 9.78 Å². The molecule has 0 saturated carbocycles. The zero-order chi connectivity index (χ0) is 27.0. The number of benzene rings is 2. The second-order valence-corrected chi connectivity index (χ2v) is 7.27. The van der Waals surface area contributed by atoms with Gasteiger partial charge < -0.3 is 25.4 Å². The molecule has 3 N–H and O–H groups in total. The van der Waals surface area contributed by atoms with Gasteiger partial charge in [0.2, 0.25) is 5.82 Å². The molecule has 15 heteroatoms. The highest BCUT2D eigenvalue weighted by atomic mass is 19.3. The first-order valence-corrected chi connectivity index (χ1v) is 10.1. The van der Waals surface area contributed by atoms with Gasteiger partial charge in [0, 0.05) is 25.0 Å². The summed E-state index contributed by atoms with van der Waals surface area (Å²) in [5, 5.41) is 6.40. The molecule has 2 aromatic carbocycles. The number of rotatable bonds is 5. The molecule has 194 valence electrons. The van der Waals surface area contributed by atoms with Crippen LogP contribution in [0.5, 0.6) is 17.2 Å². The lowest BCUT2D eigenvalue weighted by atomic mass is 10.1. The Morgan fingerprint density at radius 2 is 1.73 bits per heavy atom. The minimum atomic E-state index is -4.57. The van der Waals surface area contributed by atoms with E-state index < -0.39 is 58.7 Å². The second-order valence-electron chi connectivity index (χ2n) is 7.27. The first-order valence-electron chi connectivity index (χ1n) is 10.1. The van der Waals surface area contributed by atoms with Crippen LogP contribution >= 0.6 is 0 Å². The van der Waals surface area contributed by atoms with Crippen molar-refractivity contribution in [2.75, 3.05) is 17.7 Å². The summed E-state index contributed by atoms with van der Waals surface area (Å²) in [7, 11) is 1.37. The highest BCUT2D eigenvalue weighted by molar-refractivity contribution is 6.00. The number of ether oxygens (including phenoxy) is 3. The van der Waals surface area contributed by atoms with Crippen LogP contribution in [-0.2, 0) is 10.8 Å². The number of carbonyl (C=O) groups is 2. The molecule has 3 aromatic rings. The summed E-state index contributed by atoms with van der Waals surface area (Å²) in [6.07, 6.45) is -7.79. The Kier molecular flexibility index (Phi) is 6.56. The van der Waals surface area contributed by atoms with Crippen molar-refractivity contribution in [1.82, 2.24) is 10.3 Å². The molecule has 37 heavy (non-hydrogen) atoms. The minimum absolute atomic E-state index is 0.0275. The van der Waals surface area contributed by atoms with Gasteiger partial charge >= 0.3 is 18.4 Å². The van der Waals surface area contributed by atoms with E-state index in [1.165, 1.54) is 25.4 Å². The molecule has 2 heterocycles. The zero-order valence-electron chi connectivity index (χ0n) is 18.4. The number of nitrogens with one attached hydrogen (secondary N) is 3. The van der Waals surface area contributed by atoms with Gasteiger partial charge in [-0.15, -0.1) is 8.78 Å². The summed E-state index contributed by atoms with van der Waals surface area (Å²) in [5.74, 6) is -5.03.